The summed E-state index contributed by atoms with van der Waals surface area (Å²) in [6.45, 7) is 7.45. The molecule has 0 radical (unpaired) electrons. The van der Waals surface area contributed by atoms with Gasteiger partial charge in [-0.25, -0.2) is 4.39 Å². The molecule has 1 fully saturated rings. The van der Waals surface area contributed by atoms with E-state index in [0.29, 0.717) is 11.1 Å². The van der Waals surface area contributed by atoms with Crippen molar-refractivity contribution in [2.24, 2.45) is 5.92 Å². The smallest absolute Gasteiger partial charge is 0.221 e. The van der Waals surface area contributed by atoms with Gasteiger partial charge in [0.15, 0.2) is 5.82 Å². The molecule has 0 bridgehead atoms. The average Bonchev–Trinajstić information content (AvgIpc) is 3.00. The molecule has 6 nitrogen and oxygen atoms in total. The number of methoxy groups -OCH3 is 1. The first-order chi connectivity index (χ1) is 16.4. The Balaban J connectivity index is 1.79. The van der Waals surface area contributed by atoms with Crippen LogP contribution in [0.4, 0.5) is 4.39 Å². The minimum Gasteiger partial charge on any atom is -0.392 e. The molecule has 1 saturated carbocycles. The van der Waals surface area contributed by atoms with E-state index in [1.54, 1.807) is 33.1 Å². The summed E-state index contributed by atoms with van der Waals surface area (Å²) in [5.41, 5.74) is 2.15. The molecule has 1 amide bonds. The van der Waals surface area contributed by atoms with Gasteiger partial charge in [-0.15, -0.1) is 0 Å². The van der Waals surface area contributed by atoms with Crippen molar-refractivity contribution in [2.45, 2.75) is 58.1 Å². The van der Waals surface area contributed by atoms with Gasteiger partial charge in [-0.05, 0) is 62.6 Å². The van der Waals surface area contributed by atoms with Gasteiger partial charge >= 0.3 is 0 Å². The van der Waals surface area contributed by atoms with E-state index in [1.807, 2.05) is 13.8 Å². The van der Waals surface area contributed by atoms with Crippen molar-refractivity contribution in [1.82, 2.24) is 10.3 Å². The molecule has 2 aromatic rings. The highest BCUT2D eigenvalue weighted by Crippen LogP contribution is 2.41. The number of carbonyl (C=O) groups excluding carboxylic acids is 2. The van der Waals surface area contributed by atoms with Crippen LogP contribution in [0, 0.1) is 37.4 Å². The van der Waals surface area contributed by atoms with Crippen LogP contribution in [0.1, 0.15) is 49.3 Å². The van der Waals surface area contributed by atoms with E-state index >= 15 is 0 Å². The van der Waals surface area contributed by atoms with Crippen molar-refractivity contribution in [3.63, 3.8) is 0 Å². The molecule has 2 N–H and O–H groups in total. The largest absolute Gasteiger partial charge is 0.392 e. The SMILES string of the molecule is COCC#CC(C)(C)NC(=O)CC1CC(=O)C(c2c(C)cc(-c3ncc(Cl)cc3F)cc2C)C1O. The van der Waals surface area contributed by atoms with Gasteiger partial charge in [0, 0.05) is 37.6 Å². The number of pyridine rings is 1. The number of halogens is 2. The second kappa shape index (κ2) is 10.9. The maximum absolute atomic E-state index is 14.4. The number of aliphatic hydroxyl groups is 1. The molecule has 0 saturated heterocycles. The molecular weight excluding hydrogens is 471 g/mol. The van der Waals surface area contributed by atoms with Crippen molar-refractivity contribution in [2.75, 3.05) is 13.7 Å². The summed E-state index contributed by atoms with van der Waals surface area (Å²) in [6, 6.07) is 4.71. The number of benzene rings is 1. The third-order valence-corrected chi connectivity index (χ3v) is 6.34. The van der Waals surface area contributed by atoms with Crippen LogP contribution in [0.15, 0.2) is 24.4 Å². The third-order valence-electron chi connectivity index (χ3n) is 6.14. The van der Waals surface area contributed by atoms with Crippen LogP contribution in [-0.4, -0.2) is 47.1 Å². The summed E-state index contributed by atoms with van der Waals surface area (Å²) in [5, 5.41) is 14.1. The number of carbonyl (C=O) groups is 2. The second-order valence-corrected chi connectivity index (χ2v) is 9.95. The molecular formula is C27H30ClFN2O4. The lowest BCUT2D eigenvalue weighted by Crippen LogP contribution is -2.43. The van der Waals surface area contributed by atoms with Crippen LogP contribution in [0.3, 0.4) is 0 Å². The molecule has 1 aliphatic carbocycles. The molecule has 1 heterocycles. The predicted molar refractivity (Wildman–Crippen MR) is 132 cm³/mol. The summed E-state index contributed by atoms with van der Waals surface area (Å²) >= 11 is 5.82. The summed E-state index contributed by atoms with van der Waals surface area (Å²) < 4.78 is 19.3. The predicted octanol–water partition coefficient (Wildman–Crippen LogP) is 4.13. The average molecular weight is 501 g/mol. The first kappa shape index (κ1) is 26.8. The van der Waals surface area contributed by atoms with Gasteiger partial charge in [-0.1, -0.05) is 23.4 Å². The zero-order valence-corrected chi connectivity index (χ0v) is 21.3. The Morgan fingerprint density at radius 2 is 1.97 bits per heavy atom. The maximum atomic E-state index is 14.4. The molecule has 3 unspecified atom stereocenters. The lowest BCUT2D eigenvalue weighted by molar-refractivity contribution is -0.123. The number of amides is 1. The highest BCUT2D eigenvalue weighted by Gasteiger charge is 2.44. The first-order valence-corrected chi connectivity index (χ1v) is 11.7. The van der Waals surface area contributed by atoms with Gasteiger partial charge in [0.1, 0.15) is 18.1 Å². The third kappa shape index (κ3) is 6.26. The Morgan fingerprint density at radius 1 is 1.31 bits per heavy atom. The summed E-state index contributed by atoms with van der Waals surface area (Å²) in [5.74, 6) is 3.56. The zero-order chi connectivity index (χ0) is 25.9. The number of ketones is 1. The van der Waals surface area contributed by atoms with Gasteiger partial charge < -0.3 is 15.2 Å². The van der Waals surface area contributed by atoms with E-state index in [-0.39, 0.29) is 41.9 Å². The van der Waals surface area contributed by atoms with Crippen molar-refractivity contribution in [3.8, 4) is 23.1 Å². The molecule has 1 aromatic heterocycles. The number of nitrogens with one attached hydrogen (secondary N) is 1. The minimum atomic E-state index is -1.01. The van der Waals surface area contributed by atoms with Gasteiger partial charge in [0.05, 0.1) is 22.6 Å². The molecule has 0 aliphatic heterocycles. The van der Waals surface area contributed by atoms with Crippen LogP contribution in [-0.2, 0) is 14.3 Å². The van der Waals surface area contributed by atoms with E-state index in [1.165, 1.54) is 12.3 Å². The summed E-state index contributed by atoms with van der Waals surface area (Å²) in [4.78, 5) is 29.7. The van der Waals surface area contributed by atoms with Crippen molar-refractivity contribution < 1.29 is 23.8 Å². The summed E-state index contributed by atoms with van der Waals surface area (Å²) in [7, 11) is 1.54. The molecule has 0 spiro atoms. The van der Waals surface area contributed by atoms with E-state index < -0.39 is 29.3 Å². The van der Waals surface area contributed by atoms with E-state index in [9.17, 15) is 19.1 Å². The standard InChI is InChI=1S/C27H30ClFN2O4/c1-15-9-17(25-20(29)13-19(28)14-30-25)10-16(2)23(15)24-21(32)11-18(26(24)34)12-22(33)31-27(3,4)7-6-8-35-5/h9-10,13-14,18,24,26,34H,8,11-12H2,1-5H3,(H,31,33). The van der Waals surface area contributed by atoms with Gasteiger partial charge in [0.25, 0.3) is 0 Å². The quantitative estimate of drug-likeness (QED) is 0.582. The van der Waals surface area contributed by atoms with Crippen molar-refractivity contribution >= 4 is 23.3 Å². The van der Waals surface area contributed by atoms with E-state index in [0.717, 1.165) is 11.1 Å². The van der Waals surface area contributed by atoms with Crippen LogP contribution in [0.2, 0.25) is 5.02 Å². The van der Waals surface area contributed by atoms with Crippen LogP contribution >= 0.6 is 11.6 Å². The number of aliphatic hydroxyl groups excluding tert-OH is 1. The van der Waals surface area contributed by atoms with Gasteiger partial charge in [-0.2, -0.15) is 0 Å². The number of aryl methyl sites for hydroxylation is 2. The fourth-order valence-corrected chi connectivity index (χ4v) is 4.87. The van der Waals surface area contributed by atoms with Crippen molar-refractivity contribution in [1.29, 1.82) is 0 Å². The fourth-order valence-electron chi connectivity index (χ4n) is 4.72. The Hall–Kier alpha value is -2.79. The fraction of sp³-hybridized carbons (Fsp3) is 0.444. The monoisotopic (exact) mass is 500 g/mol. The van der Waals surface area contributed by atoms with Crippen LogP contribution < -0.4 is 5.32 Å². The number of hydrogen-bond donors (Lipinski definition) is 2. The Kier molecular flexibility index (Phi) is 8.32. The molecule has 186 valence electrons. The van der Waals surface area contributed by atoms with E-state index in [2.05, 4.69) is 22.1 Å². The second-order valence-electron chi connectivity index (χ2n) is 9.52. The minimum absolute atomic E-state index is 0.00881. The maximum Gasteiger partial charge on any atom is 0.221 e. The topological polar surface area (TPSA) is 88.5 Å². The molecule has 35 heavy (non-hydrogen) atoms. The van der Waals surface area contributed by atoms with Crippen LogP contribution in [0.25, 0.3) is 11.3 Å². The number of rotatable bonds is 6. The number of Topliss-reactive ketones (excluding diaryl/α,β-unsaturated/α-hetero) is 1. The van der Waals surface area contributed by atoms with Gasteiger partial charge in [0.2, 0.25) is 5.91 Å². The highest BCUT2D eigenvalue weighted by atomic mass is 35.5. The molecule has 3 atom stereocenters. The normalized spacial score (nSPS) is 19.9. The Labute approximate surface area is 210 Å². The molecule has 1 aromatic carbocycles. The Bertz CT molecular complexity index is 1180. The lowest BCUT2D eigenvalue weighted by atomic mass is 9.84. The number of ether oxygens (including phenoxy) is 1. The van der Waals surface area contributed by atoms with Crippen molar-refractivity contribution in [3.05, 3.63) is 51.9 Å². The molecule has 1 aliphatic rings. The number of nitrogens with zero attached hydrogens (tertiary/aromatic N) is 1. The number of hydrogen-bond acceptors (Lipinski definition) is 5. The Morgan fingerprint density at radius 3 is 2.57 bits per heavy atom. The van der Waals surface area contributed by atoms with Crippen LogP contribution in [0.5, 0.6) is 0 Å². The first-order valence-electron chi connectivity index (χ1n) is 11.4. The molecule has 8 heteroatoms. The lowest BCUT2D eigenvalue weighted by Gasteiger charge is -2.24. The van der Waals surface area contributed by atoms with E-state index in [4.69, 9.17) is 16.3 Å². The number of aromatic nitrogens is 1. The zero-order valence-electron chi connectivity index (χ0n) is 20.5. The molecule has 3 rings (SSSR count). The highest BCUT2D eigenvalue weighted by molar-refractivity contribution is 6.30. The van der Waals surface area contributed by atoms with Gasteiger partial charge in [-0.3, -0.25) is 14.6 Å². The summed E-state index contributed by atoms with van der Waals surface area (Å²) in [6.07, 6.45) is 0.477.